The molecule has 1 aromatic rings. The lowest BCUT2D eigenvalue weighted by molar-refractivity contribution is -0.124. The minimum Gasteiger partial charge on any atom is -0.497 e. The lowest BCUT2D eigenvalue weighted by atomic mass is 9.98. The molecule has 0 spiro atoms. The molecule has 2 unspecified atom stereocenters. The smallest absolute Gasteiger partial charge is 0.237 e. The molecule has 112 valence electrons. The van der Waals surface area contributed by atoms with Gasteiger partial charge >= 0.3 is 0 Å². The number of amides is 1. The van der Waals surface area contributed by atoms with Gasteiger partial charge in [0.15, 0.2) is 0 Å². The van der Waals surface area contributed by atoms with E-state index in [9.17, 15) is 4.79 Å². The summed E-state index contributed by atoms with van der Waals surface area (Å²) in [5.41, 5.74) is 7.03. The fourth-order valence-corrected chi connectivity index (χ4v) is 2.04. The molecule has 0 saturated carbocycles. The van der Waals surface area contributed by atoms with E-state index in [1.54, 1.807) is 7.11 Å². The normalized spacial score (nSPS) is 15.2. The van der Waals surface area contributed by atoms with Crippen LogP contribution >= 0.6 is 0 Å². The molecule has 0 bridgehead atoms. The van der Waals surface area contributed by atoms with Crippen LogP contribution in [0.25, 0.3) is 0 Å². The van der Waals surface area contributed by atoms with Crippen LogP contribution in [0.1, 0.15) is 45.2 Å². The van der Waals surface area contributed by atoms with Gasteiger partial charge in [-0.15, -0.1) is 0 Å². The van der Waals surface area contributed by atoms with Crippen LogP contribution in [-0.4, -0.2) is 19.1 Å². The largest absolute Gasteiger partial charge is 0.497 e. The number of nitrogens with two attached hydrogens (primary N) is 1. The Hall–Kier alpha value is -1.55. The highest BCUT2D eigenvalue weighted by molar-refractivity contribution is 5.82. The third-order valence-electron chi connectivity index (χ3n) is 3.80. The summed E-state index contributed by atoms with van der Waals surface area (Å²) < 4.78 is 5.14. The highest BCUT2D eigenvalue weighted by Crippen LogP contribution is 2.20. The summed E-state index contributed by atoms with van der Waals surface area (Å²) in [6.07, 6.45) is 1.72. The monoisotopic (exact) mass is 278 g/mol. The van der Waals surface area contributed by atoms with Crippen LogP contribution in [0.15, 0.2) is 24.3 Å². The summed E-state index contributed by atoms with van der Waals surface area (Å²) in [6, 6.07) is 7.29. The zero-order valence-corrected chi connectivity index (χ0v) is 12.8. The highest BCUT2D eigenvalue weighted by atomic mass is 16.5. The van der Waals surface area contributed by atoms with Gasteiger partial charge in [0, 0.05) is 0 Å². The number of carbonyl (C=O) groups is 1. The van der Waals surface area contributed by atoms with Gasteiger partial charge in [0.25, 0.3) is 0 Å². The van der Waals surface area contributed by atoms with E-state index in [2.05, 4.69) is 5.32 Å². The topological polar surface area (TPSA) is 64.4 Å². The molecule has 20 heavy (non-hydrogen) atoms. The molecule has 0 radical (unpaired) electrons. The SMILES string of the molecule is CCC(NC(=O)[C@@H](N)C(C)CC)c1ccc(OC)cc1. The van der Waals surface area contributed by atoms with Crippen molar-refractivity contribution in [3.05, 3.63) is 29.8 Å². The Morgan fingerprint density at radius 3 is 2.30 bits per heavy atom. The highest BCUT2D eigenvalue weighted by Gasteiger charge is 2.22. The lowest BCUT2D eigenvalue weighted by Crippen LogP contribution is -2.45. The van der Waals surface area contributed by atoms with Crippen molar-refractivity contribution in [2.75, 3.05) is 7.11 Å². The molecule has 0 heterocycles. The number of nitrogens with one attached hydrogen (secondary N) is 1. The van der Waals surface area contributed by atoms with Crippen molar-refractivity contribution in [3.8, 4) is 5.75 Å². The molecule has 0 aromatic heterocycles. The van der Waals surface area contributed by atoms with Crippen LogP contribution in [0, 0.1) is 5.92 Å². The third-order valence-corrected chi connectivity index (χ3v) is 3.80. The second-order valence-corrected chi connectivity index (χ2v) is 5.15. The van der Waals surface area contributed by atoms with Gasteiger partial charge in [-0.25, -0.2) is 0 Å². The molecule has 1 aromatic carbocycles. The lowest BCUT2D eigenvalue weighted by Gasteiger charge is -2.23. The summed E-state index contributed by atoms with van der Waals surface area (Å²) in [6.45, 7) is 6.08. The van der Waals surface area contributed by atoms with Crippen LogP contribution in [0.5, 0.6) is 5.75 Å². The molecule has 3 N–H and O–H groups in total. The fourth-order valence-electron chi connectivity index (χ4n) is 2.04. The Kier molecular flexibility index (Phi) is 6.52. The molecule has 4 nitrogen and oxygen atoms in total. The zero-order chi connectivity index (χ0) is 15.1. The van der Waals surface area contributed by atoms with Crippen molar-refractivity contribution in [2.45, 2.75) is 45.7 Å². The zero-order valence-electron chi connectivity index (χ0n) is 12.8. The van der Waals surface area contributed by atoms with Crippen molar-refractivity contribution in [3.63, 3.8) is 0 Å². The maximum atomic E-state index is 12.1. The van der Waals surface area contributed by atoms with Gasteiger partial charge in [-0.1, -0.05) is 39.3 Å². The van der Waals surface area contributed by atoms with Crippen LogP contribution in [-0.2, 0) is 4.79 Å². The number of ether oxygens (including phenoxy) is 1. The van der Waals surface area contributed by atoms with Crippen molar-refractivity contribution in [1.29, 1.82) is 0 Å². The van der Waals surface area contributed by atoms with Gasteiger partial charge in [-0.05, 0) is 30.0 Å². The Labute approximate surface area is 121 Å². The van der Waals surface area contributed by atoms with E-state index in [0.29, 0.717) is 0 Å². The number of rotatable bonds is 7. The number of hydrogen-bond acceptors (Lipinski definition) is 3. The van der Waals surface area contributed by atoms with E-state index in [4.69, 9.17) is 10.5 Å². The Balaban J connectivity index is 2.73. The summed E-state index contributed by atoms with van der Waals surface area (Å²) >= 11 is 0. The third kappa shape index (κ3) is 4.23. The van der Waals surface area contributed by atoms with Gasteiger partial charge in [0.05, 0.1) is 19.2 Å². The van der Waals surface area contributed by atoms with Crippen LogP contribution in [0.2, 0.25) is 0 Å². The van der Waals surface area contributed by atoms with Gasteiger partial charge in [-0.3, -0.25) is 4.79 Å². The van der Waals surface area contributed by atoms with Crippen molar-refractivity contribution >= 4 is 5.91 Å². The average molecular weight is 278 g/mol. The van der Waals surface area contributed by atoms with Crippen molar-refractivity contribution in [2.24, 2.45) is 11.7 Å². The quantitative estimate of drug-likeness (QED) is 0.806. The van der Waals surface area contributed by atoms with Crippen molar-refractivity contribution < 1.29 is 9.53 Å². The second-order valence-electron chi connectivity index (χ2n) is 5.15. The first-order valence-corrected chi connectivity index (χ1v) is 7.23. The molecule has 0 fully saturated rings. The molecule has 0 aliphatic rings. The van der Waals surface area contributed by atoms with Gasteiger partial charge < -0.3 is 15.8 Å². The van der Waals surface area contributed by atoms with Crippen LogP contribution < -0.4 is 15.8 Å². The molecule has 0 aliphatic heterocycles. The van der Waals surface area contributed by atoms with Crippen LogP contribution in [0.3, 0.4) is 0 Å². The summed E-state index contributed by atoms with van der Waals surface area (Å²) in [4.78, 5) is 12.1. The first-order valence-electron chi connectivity index (χ1n) is 7.23. The minimum absolute atomic E-state index is 0.0106. The number of benzene rings is 1. The molecular weight excluding hydrogens is 252 g/mol. The first-order chi connectivity index (χ1) is 9.53. The van der Waals surface area contributed by atoms with Gasteiger partial charge in [0.2, 0.25) is 5.91 Å². The average Bonchev–Trinajstić information content (AvgIpc) is 2.50. The van der Waals surface area contributed by atoms with Gasteiger partial charge in [-0.2, -0.15) is 0 Å². The Morgan fingerprint density at radius 2 is 1.85 bits per heavy atom. The summed E-state index contributed by atoms with van der Waals surface area (Å²) in [5, 5.41) is 3.03. The summed E-state index contributed by atoms with van der Waals surface area (Å²) in [5.74, 6) is 0.914. The molecule has 3 atom stereocenters. The Bertz CT molecular complexity index is 417. The maximum absolute atomic E-state index is 12.1. The Morgan fingerprint density at radius 1 is 1.25 bits per heavy atom. The minimum atomic E-state index is -0.452. The van der Waals surface area contributed by atoms with E-state index >= 15 is 0 Å². The van der Waals surface area contributed by atoms with E-state index in [1.807, 2.05) is 45.0 Å². The van der Waals surface area contributed by atoms with Crippen molar-refractivity contribution in [1.82, 2.24) is 5.32 Å². The fraction of sp³-hybridized carbons (Fsp3) is 0.562. The van der Waals surface area contributed by atoms with E-state index < -0.39 is 6.04 Å². The van der Waals surface area contributed by atoms with Gasteiger partial charge in [0.1, 0.15) is 5.75 Å². The summed E-state index contributed by atoms with van der Waals surface area (Å²) in [7, 11) is 1.64. The van der Waals surface area contributed by atoms with E-state index in [-0.39, 0.29) is 17.9 Å². The van der Waals surface area contributed by atoms with E-state index in [0.717, 1.165) is 24.2 Å². The molecule has 1 amide bonds. The molecule has 0 saturated heterocycles. The van der Waals surface area contributed by atoms with E-state index in [1.165, 1.54) is 0 Å². The molecule has 0 aliphatic carbocycles. The second kappa shape index (κ2) is 7.90. The molecular formula is C16H26N2O2. The predicted molar refractivity (Wildman–Crippen MR) is 81.6 cm³/mol. The predicted octanol–water partition coefficient (Wildman–Crippen LogP) is 2.64. The maximum Gasteiger partial charge on any atom is 0.237 e. The number of hydrogen-bond donors (Lipinski definition) is 2. The first kappa shape index (κ1) is 16.5. The molecule has 1 rings (SSSR count). The number of methoxy groups -OCH3 is 1. The standard InChI is InChI=1S/C16H26N2O2/c1-5-11(3)15(17)16(19)18-14(6-2)12-7-9-13(20-4)10-8-12/h7-11,14-15H,5-6,17H2,1-4H3,(H,18,19)/t11?,14?,15-/m0/s1. The number of carbonyl (C=O) groups excluding carboxylic acids is 1. The molecule has 4 heteroatoms. The van der Waals surface area contributed by atoms with Crippen LogP contribution in [0.4, 0.5) is 0 Å².